The summed E-state index contributed by atoms with van der Waals surface area (Å²) in [6, 6.07) is 8.30. The second-order valence-electron chi connectivity index (χ2n) is 6.25. The molecule has 2 aromatic rings. The van der Waals surface area contributed by atoms with Crippen LogP contribution in [0.2, 0.25) is 0 Å². The number of rotatable bonds is 5. The Morgan fingerprint density at radius 3 is 2.69 bits per heavy atom. The molecule has 1 aliphatic rings. The zero-order valence-corrected chi connectivity index (χ0v) is 14.2. The number of amides is 1. The maximum atomic E-state index is 13.6. The number of ether oxygens (including phenoxy) is 1. The number of halogens is 1. The molecule has 0 radical (unpaired) electrons. The lowest BCUT2D eigenvalue weighted by atomic mass is 9.92. The highest BCUT2D eigenvalue weighted by molar-refractivity contribution is 5.78. The first kappa shape index (κ1) is 17.8. The van der Waals surface area contributed by atoms with E-state index in [2.05, 4.69) is 15.3 Å². The van der Waals surface area contributed by atoms with Crippen LogP contribution in [0.5, 0.6) is 5.88 Å². The number of carbonyl (C=O) groups excluding carboxylic acids is 1. The molecule has 1 saturated carbocycles. The van der Waals surface area contributed by atoms with E-state index in [1.54, 1.807) is 18.2 Å². The monoisotopic (exact) mass is 354 g/mol. The summed E-state index contributed by atoms with van der Waals surface area (Å²) >= 11 is 0. The molecule has 0 unspecified atom stereocenters. The van der Waals surface area contributed by atoms with Crippen LogP contribution in [0.15, 0.2) is 36.7 Å². The normalized spacial score (nSPS) is 19.4. The number of hydrogen-bond acceptors (Lipinski definition) is 5. The lowest BCUT2D eigenvalue weighted by Gasteiger charge is -2.29. The van der Waals surface area contributed by atoms with Crippen molar-refractivity contribution in [1.29, 1.82) is 5.26 Å². The first-order chi connectivity index (χ1) is 12.7. The third-order valence-electron chi connectivity index (χ3n) is 4.40. The zero-order chi connectivity index (χ0) is 18.4. The fourth-order valence-electron chi connectivity index (χ4n) is 3.06. The summed E-state index contributed by atoms with van der Waals surface area (Å²) < 4.78 is 19.4. The summed E-state index contributed by atoms with van der Waals surface area (Å²) in [5.41, 5.74) is 0.571. The summed E-state index contributed by atoms with van der Waals surface area (Å²) in [5.74, 6) is -0.292. The average molecular weight is 354 g/mol. The molecule has 0 spiro atoms. The van der Waals surface area contributed by atoms with Gasteiger partial charge < -0.3 is 10.1 Å². The molecule has 134 valence electrons. The second-order valence-corrected chi connectivity index (χ2v) is 6.25. The Morgan fingerprint density at radius 2 is 1.96 bits per heavy atom. The summed E-state index contributed by atoms with van der Waals surface area (Å²) in [5, 5.41) is 12.0. The van der Waals surface area contributed by atoms with Crippen LogP contribution in [-0.4, -0.2) is 28.0 Å². The molecule has 0 atom stereocenters. The summed E-state index contributed by atoms with van der Waals surface area (Å²) in [7, 11) is 0. The molecule has 1 heterocycles. The van der Waals surface area contributed by atoms with Gasteiger partial charge in [0.25, 0.3) is 5.88 Å². The highest BCUT2D eigenvalue weighted by atomic mass is 19.1. The number of benzene rings is 1. The predicted octanol–water partition coefficient (Wildman–Crippen LogP) is 2.54. The smallest absolute Gasteiger partial charge is 0.251 e. The van der Waals surface area contributed by atoms with Gasteiger partial charge in [0.15, 0.2) is 0 Å². The van der Waals surface area contributed by atoms with E-state index in [-0.39, 0.29) is 41.9 Å². The molecule has 1 N–H and O–H groups in total. The lowest BCUT2D eigenvalue weighted by Crippen LogP contribution is -2.40. The van der Waals surface area contributed by atoms with Gasteiger partial charge in [0, 0.05) is 18.4 Å². The molecule has 26 heavy (non-hydrogen) atoms. The van der Waals surface area contributed by atoms with Crippen LogP contribution in [0.25, 0.3) is 0 Å². The van der Waals surface area contributed by atoms with Crippen LogP contribution in [-0.2, 0) is 11.2 Å². The van der Waals surface area contributed by atoms with E-state index in [1.165, 1.54) is 18.5 Å². The fraction of sp³-hybridized carbons (Fsp3) is 0.368. The largest absolute Gasteiger partial charge is 0.472 e. The minimum absolute atomic E-state index is 0.0359. The maximum Gasteiger partial charge on any atom is 0.251 e. The van der Waals surface area contributed by atoms with Crippen LogP contribution in [0, 0.1) is 17.1 Å². The molecule has 1 amide bonds. The van der Waals surface area contributed by atoms with E-state index < -0.39 is 0 Å². The van der Waals surface area contributed by atoms with E-state index in [1.807, 2.05) is 6.07 Å². The molecule has 0 saturated heterocycles. The Hall–Kier alpha value is -3.01. The van der Waals surface area contributed by atoms with Crippen molar-refractivity contribution < 1.29 is 13.9 Å². The van der Waals surface area contributed by atoms with Crippen molar-refractivity contribution in [3.05, 3.63) is 53.7 Å². The first-order valence-corrected chi connectivity index (χ1v) is 8.56. The predicted molar refractivity (Wildman–Crippen MR) is 91.7 cm³/mol. The molecule has 1 aromatic heterocycles. The third-order valence-corrected chi connectivity index (χ3v) is 4.40. The minimum atomic E-state index is -0.364. The molecular formula is C19H19FN4O2. The van der Waals surface area contributed by atoms with Crippen molar-refractivity contribution in [2.24, 2.45) is 0 Å². The van der Waals surface area contributed by atoms with Gasteiger partial charge in [-0.2, -0.15) is 5.26 Å². The van der Waals surface area contributed by atoms with E-state index in [9.17, 15) is 9.18 Å². The van der Waals surface area contributed by atoms with Gasteiger partial charge in [0.1, 0.15) is 18.0 Å². The van der Waals surface area contributed by atoms with Crippen LogP contribution < -0.4 is 10.1 Å². The van der Waals surface area contributed by atoms with Crippen molar-refractivity contribution in [3.8, 4) is 11.9 Å². The van der Waals surface area contributed by atoms with Crippen molar-refractivity contribution >= 4 is 5.91 Å². The van der Waals surface area contributed by atoms with Crippen LogP contribution in [0.3, 0.4) is 0 Å². The van der Waals surface area contributed by atoms with Gasteiger partial charge in [0.2, 0.25) is 11.6 Å². The van der Waals surface area contributed by atoms with E-state index >= 15 is 0 Å². The maximum absolute atomic E-state index is 13.6. The standard InChI is InChI=1S/C19H19FN4O2/c20-16-4-2-1-3-13(16)11-18(25)24-14-5-7-15(8-6-14)26-19-17(12-21)22-9-10-23-19/h1-4,9-10,14-15H,5-8,11H2,(H,24,25). The highest BCUT2D eigenvalue weighted by Gasteiger charge is 2.25. The van der Waals surface area contributed by atoms with Gasteiger partial charge in [-0.3, -0.25) is 4.79 Å². The summed E-state index contributed by atoms with van der Waals surface area (Å²) in [4.78, 5) is 20.1. The fourth-order valence-corrected chi connectivity index (χ4v) is 3.06. The lowest BCUT2D eigenvalue weighted by molar-refractivity contribution is -0.121. The van der Waals surface area contributed by atoms with E-state index in [4.69, 9.17) is 10.00 Å². The number of carbonyl (C=O) groups is 1. The second kappa shape index (κ2) is 8.39. The molecule has 7 heteroatoms. The molecule has 3 rings (SSSR count). The summed E-state index contributed by atoms with van der Waals surface area (Å²) in [6.07, 6.45) is 5.93. The Labute approximate surface area is 151 Å². The summed E-state index contributed by atoms with van der Waals surface area (Å²) in [6.45, 7) is 0. The molecular weight excluding hydrogens is 335 g/mol. The van der Waals surface area contributed by atoms with Crippen molar-refractivity contribution in [2.45, 2.75) is 44.2 Å². The van der Waals surface area contributed by atoms with Crippen molar-refractivity contribution in [1.82, 2.24) is 15.3 Å². The molecule has 0 aliphatic heterocycles. The van der Waals surface area contributed by atoms with Crippen LogP contribution >= 0.6 is 0 Å². The Bertz CT molecular complexity index is 813. The van der Waals surface area contributed by atoms with Crippen molar-refractivity contribution in [2.75, 3.05) is 0 Å². The Balaban J connectivity index is 1.47. The van der Waals surface area contributed by atoms with E-state index in [0.29, 0.717) is 5.56 Å². The number of nitrogens with one attached hydrogen (secondary N) is 1. The molecule has 1 aliphatic carbocycles. The first-order valence-electron chi connectivity index (χ1n) is 8.56. The molecule has 6 nitrogen and oxygen atoms in total. The van der Waals surface area contributed by atoms with Crippen LogP contribution in [0.1, 0.15) is 36.9 Å². The van der Waals surface area contributed by atoms with Gasteiger partial charge in [-0.05, 0) is 37.3 Å². The third kappa shape index (κ3) is 4.54. The zero-order valence-electron chi connectivity index (χ0n) is 14.2. The average Bonchev–Trinajstić information content (AvgIpc) is 2.66. The molecule has 1 fully saturated rings. The highest BCUT2D eigenvalue weighted by Crippen LogP contribution is 2.24. The Kier molecular flexibility index (Phi) is 5.74. The minimum Gasteiger partial charge on any atom is -0.472 e. The number of nitrogens with zero attached hydrogens (tertiary/aromatic N) is 3. The molecule has 0 bridgehead atoms. The van der Waals surface area contributed by atoms with Gasteiger partial charge in [0.05, 0.1) is 6.42 Å². The Morgan fingerprint density at radius 1 is 1.23 bits per heavy atom. The van der Waals surface area contributed by atoms with E-state index in [0.717, 1.165) is 25.7 Å². The van der Waals surface area contributed by atoms with Gasteiger partial charge in [-0.1, -0.05) is 18.2 Å². The van der Waals surface area contributed by atoms with Gasteiger partial charge >= 0.3 is 0 Å². The quantitative estimate of drug-likeness (QED) is 0.891. The van der Waals surface area contributed by atoms with Gasteiger partial charge in [-0.15, -0.1) is 0 Å². The SMILES string of the molecule is N#Cc1nccnc1OC1CCC(NC(=O)Cc2ccccc2F)CC1. The van der Waals surface area contributed by atoms with Crippen molar-refractivity contribution in [3.63, 3.8) is 0 Å². The number of aromatic nitrogens is 2. The van der Waals surface area contributed by atoms with Crippen LogP contribution in [0.4, 0.5) is 4.39 Å². The number of hydrogen-bond donors (Lipinski definition) is 1. The number of nitriles is 1. The van der Waals surface area contributed by atoms with Gasteiger partial charge in [-0.25, -0.2) is 14.4 Å². The molecule has 1 aromatic carbocycles. The topological polar surface area (TPSA) is 87.9 Å².